The van der Waals surface area contributed by atoms with E-state index in [0.29, 0.717) is 29.5 Å². The summed E-state index contributed by atoms with van der Waals surface area (Å²) in [6.07, 6.45) is -0.454. The minimum atomic E-state index is -1.15. The Labute approximate surface area is 312 Å². The standard InChI is InChI=1S/C42H37ClN2O6S/c1-29(44-26-37(51-40(44)47)28-50-36-19-11-18-34(43)25-36)27-49-35-22-20-30(21-23-35)24-38-39(46)45(41(48)52-38)42(31-12-5-2-6-13-31,32-14-7-3-8-15-32)33-16-9-4-10-17-33/h2-23,25,29,37-38H,24,26-28H2,1H3/t29-,37+,38?/m1/s1. The summed E-state index contributed by atoms with van der Waals surface area (Å²) in [7, 11) is 0. The van der Waals surface area contributed by atoms with E-state index in [2.05, 4.69) is 0 Å². The third-order valence-electron chi connectivity index (χ3n) is 9.33. The fraction of sp³-hybridized carbons (Fsp3) is 0.214. The molecule has 2 aliphatic heterocycles. The van der Waals surface area contributed by atoms with Gasteiger partial charge in [0, 0.05) is 5.02 Å². The molecule has 3 atom stereocenters. The molecular formula is C42H37ClN2O6S. The molecule has 3 amide bonds. The molecule has 8 nitrogen and oxygen atoms in total. The Morgan fingerprint density at radius 3 is 1.94 bits per heavy atom. The number of carbonyl (C=O) groups is 3. The van der Waals surface area contributed by atoms with E-state index in [0.717, 1.165) is 34.0 Å². The van der Waals surface area contributed by atoms with Crippen LogP contribution in [0.3, 0.4) is 0 Å². The highest BCUT2D eigenvalue weighted by molar-refractivity contribution is 8.15. The van der Waals surface area contributed by atoms with Gasteiger partial charge in [-0.1, -0.05) is 133 Å². The van der Waals surface area contributed by atoms with Crippen LogP contribution in [-0.4, -0.2) is 64.2 Å². The second kappa shape index (κ2) is 15.6. The quantitative estimate of drug-likeness (QED) is 0.112. The molecule has 0 bridgehead atoms. The molecule has 2 heterocycles. The summed E-state index contributed by atoms with van der Waals surface area (Å²) in [5, 5.41) is -0.326. The van der Waals surface area contributed by atoms with Crippen LogP contribution in [0.1, 0.15) is 29.2 Å². The Bertz CT molecular complexity index is 1920. The van der Waals surface area contributed by atoms with E-state index in [4.69, 9.17) is 25.8 Å². The van der Waals surface area contributed by atoms with Gasteiger partial charge in [0.2, 0.25) is 5.91 Å². The van der Waals surface area contributed by atoms with Crippen LogP contribution in [0.15, 0.2) is 140 Å². The minimum Gasteiger partial charge on any atom is -0.491 e. The lowest BCUT2D eigenvalue weighted by Crippen LogP contribution is -2.51. The number of rotatable bonds is 13. The summed E-state index contributed by atoms with van der Waals surface area (Å²) < 4.78 is 17.3. The first-order valence-electron chi connectivity index (χ1n) is 17.1. The van der Waals surface area contributed by atoms with Gasteiger partial charge in [0.25, 0.3) is 5.24 Å². The van der Waals surface area contributed by atoms with Crippen LogP contribution in [-0.2, 0) is 21.5 Å². The van der Waals surface area contributed by atoms with Gasteiger partial charge < -0.3 is 14.2 Å². The molecule has 52 heavy (non-hydrogen) atoms. The molecule has 0 spiro atoms. The van der Waals surface area contributed by atoms with Crippen LogP contribution >= 0.6 is 23.4 Å². The van der Waals surface area contributed by atoms with Crippen LogP contribution in [0.25, 0.3) is 0 Å². The SMILES string of the molecule is C[C@H](COc1ccc(CC2SC(=O)N(C(c3ccccc3)(c3ccccc3)c3ccccc3)C2=O)cc1)N1C[C@@H](COc2cccc(Cl)c2)OC1=O. The maximum Gasteiger partial charge on any atom is 0.410 e. The zero-order chi connectivity index (χ0) is 36.1. The van der Waals surface area contributed by atoms with Crippen LogP contribution in [0.4, 0.5) is 9.59 Å². The van der Waals surface area contributed by atoms with Crippen molar-refractivity contribution in [2.75, 3.05) is 19.8 Å². The van der Waals surface area contributed by atoms with Crippen molar-refractivity contribution in [2.45, 2.75) is 36.3 Å². The smallest absolute Gasteiger partial charge is 0.410 e. The summed E-state index contributed by atoms with van der Waals surface area (Å²) >= 11 is 7.10. The lowest BCUT2D eigenvalue weighted by Gasteiger charge is -2.42. The van der Waals surface area contributed by atoms with Crippen LogP contribution in [0, 0.1) is 0 Å². The van der Waals surface area contributed by atoms with E-state index < -0.39 is 23.0 Å². The molecular weight excluding hydrogens is 696 g/mol. The molecule has 1 unspecified atom stereocenters. The van der Waals surface area contributed by atoms with Gasteiger partial charge in [0.15, 0.2) is 6.10 Å². The number of hydrogen-bond acceptors (Lipinski definition) is 7. The summed E-state index contributed by atoms with van der Waals surface area (Å²) in [5.74, 6) is 0.999. The zero-order valence-electron chi connectivity index (χ0n) is 28.5. The van der Waals surface area contributed by atoms with E-state index in [9.17, 15) is 14.4 Å². The highest BCUT2D eigenvalue weighted by Crippen LogP contribution is 2.48. The Kier molecular flexibility index (Phi) is 10.5. The van der Waals surface area contributed by atoms with Gasteiger partial charge in [-0.05, 0) is 65.9 Å². The first kappa shape index (κ1) is 35.2. The first-order valence-corrected chi connectivity index (χ1v) is 18.4. The van der Waals surface area contributed by atoms with E-state index >= 15 is 0 Å². The lowest BCUT2D eigenvalue weighted by molar-refractivity contribution is -0.129. The van der Waals surface area contributed by atoms with E-state index in [1.54, 1.807) is 29.2 Å². The van der Waals surface area contributed by atoms with Gasteiger partial charge in [0.1, 0.15) is 30.3 Å². The average molecular weight is 733 g/mol. The Balaban J connectivity index is 1.01. The predicted molar refractivity (Wildman–Crippen MR) is 202 cm³/mol. The van der Waals surface area contributed by atoms with Gasteiger partial charge in [0.05, 0.1) is 17.8 Å². The number of nitrogens with zero attached hydrogens (tertiary/aromatic N) is 2. The third kappa shape index (κ3) is 7.24. The maximum absolute atomic E-state index is 14.4. The van der Waals surface area contributed by atoms with Gasteiger partial charge in [-0.15, -0.1) is 0 Å². The molecule has 0 aliphatic carbocycles. The number of thioether (sulfide) groups is 1. The molecule has 2 aliphatic rings. The van der Waals surface area contributed by atoms with Crippen molar-refractivity contribution in [2.24, 2.45) is 0 Å². The van der Waals surface area contributed by atoms with Crippen molar-refractivity contribution >= 4 is 40.6 Å². The lowest BCUT2D eigenvalue weighted by atomic mass is 9.75. The number of carbonyl (C=O) groups excluding carboxylic acids is 3. The number of amides is 3. The van der Waals surface area contributed by atoms with Crippen molar-refractivity contribution in [1.29, 1.82) is 0 Å². The molecule has 2 saturated heterocycles. The third-order valence-corrected chi connectivity index (χ3v) is 10.6. The van der Waals surface area contributed by atoms with Crippen LogP contribution < -0.4 is 9.47 Å². The molecule has 7 rings (SSSR count). The second-order valence-electron chi connectivity index (χ2n) is 12.8. The predicted octanol–water partition coefficient (Wildman–Crippen LogP) is 8.61. The largest absolute Gasteiger partial charge is 0.491 e. The number of imide groups is 1. The normalized spacial score (nSPS) is 18.0. The minimum absolute atomic E-state index is 0.217. The summed E-state index contributed by atoms with van der Waals surface area (Å²) in [4.78, 5) is 44.1. The van der Waals surface area contributed by atoms with E-state index in [1.807, 2.05) is 122 Å². The fourth-order valence-electron chi connectivity index (χ4n) is 6.79. The molecule has 5 aromatic carbocycles. The van der Waals surface area contributed by atoms with Crippen molar-refractivity contribution in [3.05, 3.63) is 167 Å². The number of benzene rings is 5. The summed E-state index contributed by atoms with van der Waals surface area (Å²) in [6, 6.07) is 43.6. The second-order valence-corrected chi connectivity index (χ2v) is 14.4. The summed E-state index contributed by atoms with van der Waals surface area (Å²) in [6.45, 7) is 2.76. The highest BCUT2D eigenvalue weighted by Gasteiger charge is 2.54. The molecule has 0 N–H and O–H groups in total. The number of cyclic esters (lactones) is 1. The van der Waals surface area contributed by atoms with E-state index in [-0.39, 0.29) is 30.4 Å². The monoisotopic (exact) mass is 732 g/mol. The van der Waals surface area contributed by atoms with Crippen molar-refractivity contribution in [3.63, 3.8) is 0 Å². The van der Waals surface area contributed by atoms with Crippen molar-refractivity contribution in [3.8, 4) is 11.5 Å². The van der Waals surface area contributed by atoms with Gasteiger partial charge in [-0.25, -0.2) is 4.79 Å². The molecule has 264 valence electrons. The fourth-order valence-corrected chi connectivity index (χ4v) is 8.03. The van der Waals surface area contributed by atoms with Crippen LogP contribution in [0.2, 0.25) is 5.02 Å². The molecule has 5 aromatic rings. The molecule has 0 saturated carbocycles. The Hall–Kier alpha value is -5.25. The molecule has 2 fully saturated rings. The number of ether oxygens (including phenoxy) is 3. The molecule has 10 heteroatoms. The van der Waals surface area contributed by atoms with Gasteiger partial charge in [-0.2, -0.15) is 0 Å². The van der Waals surface area contributed by atoms with Gasteiger partial charge >= 0.3 is 6.09 Å². The first-order chi connectivity index (χ1) is 25.3. The Morgan fingerprint density at radius 1 is 0.769 bits per heavy atom. The summed E-state index contributed by atoms with van der Waals surface area (Å²) in [5.41, 5.74) is 2.23. The zero-order valence-corrected chi connectivity index (χ0v) is 30.0. The highest BCUT2D eigenvalue weighted by atomic mass is 35.5. The number of halogens is 1. The molecule has 0 radical (unpaired) electrons. The van der Waals surface area contributed by atoms with Crippen molar-refractivity contribution in [1.82, 2.24) is 9.80 Å². The Morgan fingerprint density at radius 2 is 1.37 bits per heavy atom. The number of hydrogen-bond donors (Lipinski definition) is 0. The van der Waals surface area contributed by atoms with E-state index in [1.165, 1.54) is 4.90 Å². The maximum atomic E-state index is 14.4. The van der Waals surface area contributed by atoms with Crippen molar-refractivity contribution < 1.29 is 28.6 Å². The van der Waals surface area contributed by atoms with Crippen LogP contribution in [0.5, 0.6) is 11.5 Å². The molecule has 0 aromatic heterocycles. The topological polar surface area (TPSA) is 85.4 Å². The average Bonchev–Trinajstić information content (AvgIpc) is 3.69. The van der Waals surface area contributed by atoms with Gasteiger partial charge in [-0.3, -0.25) is 19.4 Å².